The van der Waals surface area contributed by atoms with Gasteiger partial charge in [0, 0.05) is 11.8 Å². The summed E-state index contributed by atoms with van der Waals surface area (Å²) in [6.07, 6.45) is 2.61. The zero-order valence-corrected chi connectivity index (χ0v) is 28.9. The topological polar surface area (TPSA) is 127 Å². The number of rotatable bonds is 10. The SMILES string of the molecule is CC(C)(C)c1cc(CC(CCCC(Cc2cc(C(C)(C)C)c(O)c(C(C)(C)C)c2)C(N)=O)C(N)=O)cc(C(C)(C)C)c1O. The standard InChI is InChI=1S/C37H58N2O4/c1-34(2,3)26-18-22(19-27(30(26)40)35(4,5)6)16-24(32(38)42)14-13-15-25(33(39)43)17-23-20-28(36(7,8)9)31(41)29(21-23)37(10,11)12/h18-21,24-25,40-41H,13-17H2,1-12H3,(H2,38,42)(H2,39,43). The average Bonchev–Trinajstić information content (AvgIpc) is 2.81. The van der Waals surface area contributed by atoms with E-state index in [2.05, 4.69) is 83.1 Å². The van der Waals surface area contributed by atoms with Crippen molar-refractivity contribution in [2.75, 3.05) is 0 Å². The highest BCUT2D eigenvalue weighted by Gasteiger charge is 2.30. The number of primary amides is 2. The molecule has 0 saturated heterocycles. The van der Waals surface area contributed by atoms with E-state index in [1.165, 1.54) is 0 Å². The Hall–Kier alpha value is -3.02. The number of carbonyl (C=O) groups is 2. The molecule has 240 valence electrons. The summed E-state index contributed by atoms with van der Waals surface area (Å²) in [4.78, 5) is 25.2. The van der Waals surface area contributed by atoms with Crippen LogP contribution in [-0.2, 0) is 44.1 Å². The predicted molar refractivity (Wildman–Crippen MR) is 178 cm³/mol. The average molecular weight is 595 g/mol. The van der Waals surface area contributed by atoms with Crippen molar-refractivity contribution >= 4 is 11.8 Å². The van der Waals surface area contributed by atoms with E-state index in [4.69, 9.17) is 11.5 Å². The molecule has 0 heterocycles. The molecule has 0 aliphatic rings. The number of carbonyl (C=O) groups excluding carboxylic acids is 2. The Kier molecular flexibility index (Phi) is 10.9. The Morgan fingerprint density at radius 1 is 0.558 bits per heavy atom. The van der Waals surface area contributed by atoms with Gasteiger partial charge in [-0.05, 0) is 80.7 Å². The molecule has 0 radical (unpaired) electrons. The van der Waals surface area contributed by atoms with E-state index >= 15 is 0 Å². The Morgan fingerprint density at radius 2 is 0.791 bits per heavy atom. The summed E-state index contributed by atoms with van der Waals surface area (Å²) in [5, 5.41) is 22.2. The number of phenols is 2. The van der Waals surface area contributed by atoms with Crippen molar-refractivity contribution in [3.05, 3.63) is 57.6 Å². The van der Waals surface area contributed by atoms with Gasteiger partial charge in [-0.1, -0.05) is 114 Å². The van der Waals surface area contributed by atoms with E-state index in [9.17, 15) is 19.8 Å². The second kappa shape index (κ2) is 12.9. The summed E-state index contributed by atoms with van der Waals surface area (Å²) < 4.78 is 0. The van der Waals surface area contributed by atoms with E-state index in [-0.39, 0.29) is 33.5 Å². The molecule has 2 amide bonds. The van der Waals surface area contributed by atoms with Crippen LogP contribution < -0.4 is 11.5 Å². The number of phenolic OH excluding ortho intramolecular Hbond substituents is 2. The normalized spacial score (nSPS) is 14.4. The Morgan fingerprint density at radius 3 is 0.977 bits per heavy atom. The molecule has 2 aromatic rings. The minimum absolute atomic E-state index is 0.273. The highest BCUT2D eigenvalue weighted by molar-refractivity contribution is 5.78. The molecule has 0 bridgehead atoms. The number of nitrogens with two attached hydrogens (primary N) is 2. The molecule has 43 heavy (non-hydrogen) atoms. The molecular formula is C37H58N2O4. The van der Waals surface area contributed by atoms with Gasteiger partial charge in [-0.3, -0.25) is 9.59 Å². The quantitative estimate of drug-likeness (QED) is 0.228. The molecule has 0 aromatic heterocycles. The number of benzene rings is 2. The first-order valence-electron chi connectivity index (χ1n) is 15.7. The fraction of sp³-hybridized carbons (Fsp3) is 0.622. The monoisotopic (exact) mass is 594 g/mol. The van der Waals surface area contributed by atoms with Crippen LogP contribution in [-0.4, -0.2) is 22.0 Å². The number of aromatic hydroxyl groups is 2. The molecule has 2 aromatic carbocycles. The molecule has 0 saturated carbocycles. The zero-order chi connectivity index (χ0) is 33.3. The molecule has 6 nitrogen and oxygen atoms in total. The van der Waals surface area contributed by atoms with E-state index in [1.807, 2.05) is 24.3 Å². The summed E-state index contributed by atoms with van der Waals surface area (Å²) in [7, 11) is 0. The minimum atomic E-state index is -0.410. The van der Waals surface area contributed by atoms with Gasteiger partial charge in [-0.2, -0.15) is 0 Å². The van der Waals surface area contributed by atoms with Gasteiger partial charge in [0.25, 0.3) is 0 Å². The van der Waals surface area contributed by atoms with Crippen LogP contribution >= 0.6 is 0 Å². The van der Waals surface area contributed by atoms with Gasteiger partial charge < -0.3 is 21.7 Å². The molecule has 6 heteroatoms. The van der Waals surface area contributed by atoms with Crippen LogP contribution in [0.5, 0.6) is 11.5 Å². The Labute approximate surface area is 260 Å². The van der Waals surface area contributed by atoms with Gasteiger partial charge in [-0.15, -0.1) is 0 Å². The molecule has 2 unspecified atom stereocenters. The van der Waals surface area contributed by atoms with Crippen LogP contribution in [0.4, 0.5) is 0 Å². The lowest BCUT2D eigenvalue weighted by Crippen LogP contribution is -2.28. The second-order valence-corrected chi connectivity index (χ2v) is 16.6. The smallest absolute Gasteiger partial charge is 0.220 e. The van der Waals surface area contributed by atoms with Crippen LogP contribution in [0.3, 0.4) is 0 Å². The third kappa shape index (κ3) is 9.48. The van der Waals surface area contributed by atoms with Gasteiger partial charge >= 0.3 is 0 Å². The molecule has 0 spiro atoms. The van der Waals surface area contributed by atoms with E-state index < -0.39 is 11.8 Å². The van der Waals surface area contributed by atoms with E-state index in [0.717, 1.165) is 33.4 Å². The van der Waals surface area contributed by atoms with Crippen molar-refractivity contribution in [2.24, 2.45) is 23.3 Å². The number of hydrogen-bond donors (Lipinski definition) is 4. The lowest BCUT2D eigenvalue weighted by molar-refractivity contribution is -0.122. The second-order valence-electron chi connectivity index (χ2n) is 16.6. The van der Waals surface area contributed by atoms with Crippen molar-refractivity contribution in [2.45, 2.75) is 137 Å². The van der Waals surface area contributed by atoms with Crippen molar-refractivity contribution in [1.82, 2.24) is 0 Å². The number of amides is 2. The largest absolute Gasteiger partial charge is 0.507 e. The lowest BCUT2D eigenvalue weighted by Gasteiger charge is -2.29. The Balaban J connectivity index is 2.31. The first kappa shape index (κ1) is 36.2. The van der Waals surface area contributed by atoms with Gasteiger partial charge in [0.05, 0.1) is 0 Å². The summed E-state index contributed by atoms with van der Waals surface area (Å²) in [5.41, 5.74) is 16.0. The molecule has 2 rings (SSSR count). The molecular weight excluding hydrogens is 536 g/mol. The first-order chi connectivity index (χ1) is 19.3. The van der Waals surface area contributed by atoms with Gasteiger partial charge in [0.15, 0.2) is 0 Å². The fourth-order valence-corrected chi connectivity index (χ4v) is 5.78. The van der Waals surface area contributed by atoms with Crippen LogP contribution in [0, 0.1) is 11.8 Å². The number of hydrogen-bond acceptors (Lipinski definition) is 4. The van der Waals surface area contributed by atoms with Crippen LogP contribution in [0.25, 0.3) is 0 Å². The maximum absolute atomic E-state index is 12.6. The maximum Gasteiger partial charge on any atom is 0.220 e. The van der Waals surface area contributed by atoms with Gasteiger partial charge in [0.2, 0.25) is 11.8 Å². The maximum atomic E-state index is 12.6. The van der Waals surface area contributed by atoms with Crippen LogP contribution in [0.15, 0.2) is 24.3 Å². The summed E-state index contributed by atoms with van der Waals surface area (Å²) in [5.74, 6) is -0.952. The van der Waals surface area contributed by atoms with E-state index in [0.29, 0.717) is 43.6 Å². The molecule has 0 aliphatic heterocycles. The third-order valence-corrected chi connectivity index (χ3v) is 8.45. The Bertz CT molecular complexity index is 1140. The highest BCUT2D eigenvalue weighted by Crippen LogP contribution is 2.42. The first-order valence-corrected chi connectivity index (χ1v) is 15.7. The van der Waals surface area contributed by atoms with Gasteiger partial charge in [0.1, 0.15) is 11.5 Å². The minimum Gasteiger partial charge on any atom is -0.507 e. The summed E-state index contributed by atoms with van der Waals surface area (Å²) in [6.45, 7) is 24.8. The lowest BCUT2D eigenvalue weighted by atomic mass is 9.77. The fourth-order valence-electron chi connectivity index (χ4n) is 5.78. The van der Waals surface area contributed by atoms with Crippen molar-refractivity contribution in [1.29, 1.82) is 0 Å². The summed E-state index contributed by atoms with van der Waals surface area (Å²) in [6, 6.07) is 7.99. The zero-order valence-electron chi connectivity index (χ0n) is 28.9. The van der Waals surface area contributed by atoms with Crippen LogP contribution in [0.2, 0.25) is 0 Å². The molecule has 6 N–H and O–H groups in total. The van der Waals surface area contributed by atoms with Gasteiger partial charge in [-0.25, -0.2) is 0 Å². The molecule has 0 aliphatic carbocycles. The van der Waals surface area contributed by atoms with Crippen molar-refractivity contribution in [3.8, 4) is 11.5 Å². The predicted octanol–water partition coefficient (Wildman–Crippen LogP) is 7.45. The molecule has 2 atom stereocenters. The third-order valence-electron chi connectivity index (χ3n) is 8.45. The van der Waals surface area contributed by atoms with Crippen molar-refractivity contribution in [3.63, 3.8) is 0 Å². The van der Waals surface area contributed by atoms with E-state index in [1.54, 1.807) is 0 Å². The van der Waals surface area contributed by atoms with Crippen molar-refractivity contribution < 1.29 is 19.8 Å². The molecule has 0 fully saturated rings. The summed E-state index contributed by atoms with van der Waals surface area (Å²) >= 11 is 0. The van der Waals surface area contributed by atoms with Crippen LogP contribution in [0.1, 0.15) is 136 Å². The highest BCUT2D eigenvalue weighted by atomic mass is 16.3.